The van der Waals surface area contributed by atoms with E-state index in [9.17, 15) is 4.79 Å². The number of aromatic amines is 1. The number of H-pyrrole nitrogens is 1. The Labute approximate surface area is 158 Å². The third-order valence-corrected chi connectivity index (χ3v) is 4.62. The number of aryl methyl sites for hydroxylation is 1. The number of hydrogen-bond acceptors (Lipinski definition) is 3. The third kappa shape index (κ3) is 3.01. The molecule has 0 saturated heterocycles. The van der Waals surface area contributed by atoms with Crippen LogP contribution in [0.3, 0.4) is 0 Å². The van der Waals surface area contributed by atoms with Crippen LogP contribution in [-0.4, -0.2) is 25.7 Å². The van der Waals surface area contributed by atoms with E-state index < -0.39 is 0 Å². The summed E-state index contributed by atoms with van der Waals surface area (Å²) in [5.41, 5.74) is 3.52. The van der Waals surface area contributed by atoms with E-state index in [-0.39, 0.29) is 5.91 Å². The fourth-order valence-corrected chi connectivity index (χ4v) is 3.38. The van der Waals surface area contributed by atoms with Gasteiger partial charge in [0.25, 0.3) is 5.91 Å². The second-order valence-electron chi connectivity index (χ2n) is 5.85. The number of para-hydroxylation sites is 1. The number of hydrogen-bond donors (Lipinski definition) is 2. The molecule has 0 unspecified atom stereocenters. The highest BCUT2D eigenvalue weighted by molar-refractivity contribution is 9.10. The topological polar surface area (TPSA) is 75.6 Å². The van der Waals surface area contributed by atoms with E-state index in [0.29, 0.717) is 11.4 Å². The van der Waals surface area contributed by atoms with Gasteiger partial charge in [-0.1, -0.05) is 18.2 Å². The first-order valence-corrected chi connectivity index (χ1v) is 9.01. The van der Waals surface area contributed by atoms with Gasteiger partial charge >= 0.3 is 0 Å². The maximum Gasteiger partial charge on any atom is 0.258 e. The minimum atomic E-state index is -0.257. The summed E-state index contributed by atoms with van der Waals surface area (Å²) in [7, 11) is 0. The van der Waals surface area contributed by atoms with Crippen molar-refractivity contribution in [2.24, 2.45) is 0 Å². The van der Waals surface area contributed by atoms with Crippen molar-refractivity contribution in [3.63, 3.8) is 0 Å². The van der Waals surface area contributed by atoms with E-state index in [1.165, 1.54) is 17.1 Å². The van der Waals surface area contributed by atoms with E-state index >= 15 is 0 Å². The standard InChI is InChI=1S/C19H16BrN5O/c1-2-25-16-6-4-3-5-12(16)8-17(25)15-9-18(24-23-15)22-19(26)13-7-14(20)11-21-10-13/h3-11H,2H2,1H3,(H2,22,23,24,26). The molecule has 0 aliphatic rings. The highest BCUT2D eigenvalue weighted by Gasteiger charge is 2.14. The van der Waals surface area contributed by atoms with Crippen molar-refractivity contribution < 1.29 is 4.79 Å². The number of rotatable bonds is 4. The first-order chi connectivity index (χ1) is 12.7. The Kier molecular flexibility index (Phi) is 4.30. The zero-order valence-corrected chi connectivity index (χ0v) is 15.6. The van der Waals surface area contributed by atoms with Crippen LogP contribution in [0.2, 0.25) is 0 Å². The molecule has 0 spiro atoms. The lowest BCUT2D eigenvalue weighted by molar-refractivity contribution is 0.102. The molecule has 0 bridgehead atoms. The van der Waals surface area contributed by atoms with E-state index in [2.05, 4.69) is 66.1 Å². The molecular formula is C19H16BrN5O. The van der Waals surface area contributed by atoms with Crippen LogP contribution in [-0.2, 0) is 6.54 Å². The van der Waals surface area contributed by atoms with Crippen LogP contribution in [0.25, 0.3) is 22.3 Å². The number of fused-ring (bicyclic) bond motifs is 1. The molecular weight excluding hydrogens is 394 g/mol. The van der Waals surface area contributed by atoms with E-state index in [4.69, 9.17) is 0 Å². The SMILES string of the molecule is CCn1c(-c2cc(NC(=O)c3cncc(Br)c3)n[nH]2)cc2ccccc21. The van der Waals surface area contributed by atoms with Crippen molar-refractivity contribution in [1.29, 1.82) is 0 Å². The number of anilines is 1. The van der Waals surface area contributed by atoms with Crippen molar-refractivity contribution in [1.82, 2.24) is 19.7 Å². The highest BCUT2D eigenvalue weighted by Crippen LogP contribution is 2.28. The van der Waals surface area contributed by atoms with Crippen molar-refractivity contribution >= 4 is 38.6 Å². The Morgan fingerprint density at radius 3 is 2.88 bits per heavy atom. The van der Waals surface area contributed by atoms with Crippen LogP contribution in [0.4, 0.5) is 5.82 Å². The van der Waals surface area contributed by atoms with Crippen LogP contribution >= 0.6 is 15.9 Å². The number of nitrogens with zero attached hydrogens (tertiary/aromatic N) is 3. The number of pyridine rings is 1. The van der Waals surface area contributed by atoms with E-state index in [1.807, 2.05) is 18.2 Å². The molecule has 1 aromatic carbocycles. The summed E-state index contributed by atoms with van der Waals surface area (Å²) in [6.45, 7) is 2.95. The molecule has 0 aliphatic heterocycles. The van der Waals surface area contributed by atoms with Gasteiger partial charge in [-0.3, -0.25) is 14.9 Å². The lowest BCUT2D eigenvalue weighted by Gasteiger charge is -2.05. The number of aromatic nitrogens is 4. The normalized spacial score (nSPS) is 11.0. The van der Waals surface area contributed by atoms with Crippen molar-refractivity contribution in [3.8, 4) is 11.4 Å². The molecule has 7 heteroatoms. The van der Waals surface area contributed by atoms with Crippen LogP contribution < -0.4 is 5.32 Å². The summed E-state index contributed by atoms with van der Waals surface area (Å²) in [6, 6.07) is 13.9. The maximum absolute atomic E-state index is 12.3. The van der Waals surface area contributed by atoms with Gasteiger partial charge < -0.3 is 9.88 Å². The molecule has 0 fully saturated rings. The molecule has 4 rings (SSSR count). The molecule has 0 atom stereocenters. The van der Waals surface area contributed by atoms with E-state index in [0.717, 1.165) is 22.4 Å². The van der Waals surface area contributed by atoms with Crippen molar-refractivity contribution in [3.05, 3.63) is 64.9 Å². The summed E-state index contributed by atoms with van der Waals surface area (Å²) in [6.07, 6.45) is 3.15. The third-order valence-electron chi connectivity index (χ3n) is 4.19. The second-order valence-corrected chi connectivity index (χ2v) is 6.76. The Morgan fingerprint density at radius 2 is 2.08 bits per heavy atom. The minimum Gasteiger partial charge on any atom is -0.340 e. The zero-order chi connectivity index (χ0) is 18.1. The number of benzene rings is 1. The Morgan fingerprint density at radius 1 is 1.23 bits per heavy atom. The Bertz CT molecular complexity index is 1100. The molecule has 4 aromatic rings. The average molecular weight is 410 g/mol. The van der Waals surface area contributed by atoms with Crippen LogP contribution in [0.1, 0.15) is 17.3 Å². The van der Waals surface area contributed by atoms with Gasteiger partial charge in [0.15, 0.2) is 5.82 Å². The zero-order valence-electron chi connectivity index (χ0n) is 14.0. The van der Waals surface area contributed by atoms with Crippen LogP contribution in [0.15, 0.2) is 59.3 Å². The molecule has 6 nitrogen and oxygen atoms in total. The first-order valence-electron chi connectivity index (χ1n) is 8.21. The molecule has 0 radical (unpaired) electrons. The lowest BCUT2D eigenvalue weighted by Crippen LogP contribution is -2.12. The Hall–Kier alpha value is -2.93. The van der Waals surface area contributed by atoms with E-state index in [1.54, 1.807) is 12.3 Å². The van der Waals surface area contributed by atoms with Gasteiger partial charge in [-0.15, -0.1) is 0 Å². The highest BCUT2D eigenvalue weighted by atomic mass is 79.9. The van der Waals surface area contributed by atoms with Crippen LogP contribution in [0.5, 0.6) is 0 Å². The fourth-order valence-electron chi connectivity index (χ4n) is 3.02. The van der Waals surface area contributed by atoms with Crippen LogP contribution in [0, 0.1) is 0 Å². The number of carbonyl (C=O) groups excluding carboxylic acids is 1. The predicted octanol–water partition coefficient (Wildman–Crippen LogP) is 4.46. The van der Waals surface area contributed by atoms with Gasteiger partial charge in [0.2, 0.25) is 0 Å². The van der Waals surface area contributed by atoms with Crippen molar-refractivity contribution in [2.75, 3.05) is 5.32 Å². The summed E-state index contributed by atoms with van der Waals surface area (Å²) in [4.78, 5) is 16.4. The summed E-state index contributed by atoms with van der Waals surface area (Å²) < 4.78 is 2.97. The first kappa shape index (κ1) is 16.5. The largest absolute Gasteiger partial charge is 0.340 e. The fraction of sp³-hybridized carbons (Fsp3) is 0.105. The molecule has 1 amide bonds. The number of nitrogens with one attached hydrogen (secondary N) is 2. The average Bonchev–Trinajstić information content (AvgIpc) is 3.25. The smallest absolute Gasteiger partial charge is 0.258 e. The number of carbonyl (C=O) groups is 1. The van der Waals surface area contributed by atoms with Gasteiger partial charge in [0.05, 0.1) is 17.0 Å². The molecule has 3 heterocycles. The molecule has 26 heavy (non-hydrogen) atoms. The van der Waals surface area contributed by atoms with Gasteiger partial charge in [0, 0.05) is 40.4 Å². The van der Waals surface area contributed by atoms with Gasteiger partial charge in [0.1, 0.15) is 0 Å². The minimum absolute atomic E-state index is 0.257. The quantitative estimate of drug-likeness (QED) is 0.522. The van der Waals surface area contributed by atoms with Gasteiger partial charge in [-0.25, -0.2) is 0 Å². The summed E-state index contributed by atoms with van der Waals surface area (Å²) in [5, 5.41) is 11.2. The Balaban J connectivity index is 1.63. The molecule has 130 valence electrons. The molecule has 2 N–H and O–H groups in total. The van der Waals surface area contributed by atoms with Gasteiger partial charge in [-0.2, -0.15) is 5.10 Å². The number of halogens is 1. The molecule has 0 saturated carbocycles. The molecule has 0 aliphatic carbocycles. The van der Waals surface area contributed by atoms with Crippen molar-refractivity contribution in [2.45, 2.75) is 13.5 Å². The monoisotopic (exact) mass is 409 g/mol. The summed E-state index contributed by atoms with van der Waals surface area (Å²) in [5.74, 6) is 0.214. The summed E-state index contributed by atoms with van der Waals surface area (Å²) >= 11 is 3.32. The second kappa shape index (κ2) is 6.76. The maximum atomic E-state index is 12.3. The predicted molar refractivity (Wildman–Crippen MR) is 105 cm³/mol. The number of amides is 1. The molecule has 3 aromatic heterocycles. The lowest BCUT2D eigenvalue weighted by atomic mass is 10.2. The van der Waals surface area contributed by atoms with Gasteiger partial charge in [-0.05, 0) is 41.1 Å².